The van der Waals surface area contributed by atoms with E-state index < -0.39 is 6.36 Å². The molecule has 0 unspecified atom stereocenters. The molecule has 0 heterocycles. The Labute approximate surface area is 199 Å². The minimum Gasteiger partial charge on any atom is -0.406 e. The molecule has 188 valence electrons. The zero-order valence-corrected chi connectivity index (χ0v) is 20.8. The van der Waals surface area contributed by atoms with Crippen molar-refractivity contribution in [2.45, 2.75) is 141 Å². The van der Waals surface area contributed by atoms with Gasteiger partial charge < -0.3 is 4.74 Å². The van der Waals surface area contributed by atoms with Crippen LogP contribution in [0.5, 0.6) is 5.75 Å². The van der Waals surface area contributed by atoms with Crippen molar-refractivity contribution in [3.63, 3.8) is 0 Å². The van der Waals surface area contributed by atoms with Crippen LogP contribution in [0.4, 0.5) is 13.2 Å². The van der Waals surface area contributed by atoms with Gasteiger partial charge in [-0.3, -0.25) is 0 Å². The molecule has 0 N–H and O–H groups in total. The van der Waals surface area contributed by atoms with Gasteiger partial charge in [0.25, 0.3) is 0 Å². The highest BCUT2D eigenvalue weighted by atomic mass is 19.4. The third-order valence-electron chi connectivity index (χ3n) is 8.60. The van der Waals surface area contributed by atoms with Crippen LogP contribution in [-0.2, 0) is 5.41 Å². The number of benzene rings is 1. The maximum absolute atomic E-state index is 12.6. The molecule has 2 aliphatic carbocycles. The van der Waals surface area contributed by atoms with Gasteiger partial charge >= 0.3 is 6.36 Å². The summed E-state index contributed by atoms with van der Waals surface area (Å²) in [6, 6.07) is 6.80. The van der Waals surface area contributed by atoms with E-state index in [9.17, 15) is 13.2 Å². The molecule has 4 heteroatoms. The van der Waals surface area contributed by atoms with Gasteiger partial charge in [0.2, 0.25) is 0 Å². The van der Waals surface area contributed by atoms with Crippen molar-refractivity contribution < 1.29 is 17.9 Å². The largest absolute Gasteiger partial charge is 0.573 e. The molecule has 2 saturated carbocycles. The van der Waals surface area contributed by atoms with Gasteiger partial charge in [-0.25, -0.2) is 0 Å². The van der Waals surface area contributed by atoms with Crippen molar-refractivity contribution in [3.05, 3.63) is 29.8 Å². The number of rotatable bonds is 12. The zero-order chi connectivity index (χ0) is 23.6. The SMILES string of the molecule is CCCCCCC1(CCCCC2(c3ccc(OC(F)(F)F)cc3)CCCCC2)CCCCC1. The van der Waals surface area contributed by atoms with Crippen molar-refractivity contribution in [2.24, 2.45) is 5.41 Å². The van der Waals surface area contributed by atoms with Crippen molar-refractivity contribution in [2.75, 3.05) is 0 Å². The van der Waals surface area contributed by atoms with Gasteiger partial charge in [0.05, 0.1) is 0 Å². The van der Waals surface area contributed by atoms with E-state index in [-0.39, 0.29) is 11.2 Å². The number of unbranched alkanes of at least 4 members (excludes halogenated alkanes) is 4. The van der Waals surface area contributed by atoms with Gasteiger partial charge in [-0.15, -0.1) is 13.2 Å². The average molecular weight is 467 g/mol. The molecular formula is C29H45F3O. The van der Waals surface area contributed by atoms with Crippen LogP contribution >= 0.6 is 0 Å². The molecule has 1 nitrogen and oxygen atoms in total. The van der Waals surface area contributed by atoms with E-state index >= 15 is 0 Å². The van der Waals surface area contributed by atoms with Crippen molar-refractivity contribution in [1.82, 2.24) is 0 Å². The van der Waals surface area contributed by atoms with Gasteiger partial charge in [0.15, 0.2) is 0 Å². The minimum absolute atomic E-state index is 0.112. The predicted octanol–water partition coefficient (Wildman–Crippen LogP) is 10.3. The molecular weight excluding hydrogens is 421 g/mol. The normalized spacial score (nSPS) is 20.5. The van der Waals surface area contributed by atoms with E-state index in [2.05, 4.69) is 11.7 Å². The molecule has 0 amide bonds. The summed E-state index contributed by atoms with van der Waals surface area (Å²) in [5.74, 6) is -0.112. The molecule has 0 atom stereocenters. The Hall–Kier alpha value is -1.19. The van der Waals surface area contributed by atoms with Crippen LogP contribution in [0.3, 0.4) is 0 Å². The Morgan fingerprint density at radius 3 is 1.82 bits per heavy atom. The second kappa shape index (κ2) is 12.5. The second-order valence-corrected chi connectivity index (χ2v) is 11.0. The van der Waals surface area contributed by atoms with Crippen molar-refractivity contribution in [1.29, 1.82) is 0 Å². The monoisotopic (exact) mass is 466 g/mol. The fourth-order valence-corrected chi connectivity index (χ4v) is 6.74. The Bertz CT molecular complexity index is 667. The van der Waals surface area contributed by atoms with Crippen LogP contribution < -0.4 is 4.74 Å². The quantitative estimate of drug-likeness (QED) is 0.278. The number of hydrogen-bond acceptors (Lipinski definition) is 1. The summed E-state index contributed by atoms with van der Waals surface area (Å²) in [4.78, 5) is 0. The Morgan fingerprint density at radius 1 is 0.697 bits per heavy atom. The molecule has 0 saturated heterocycles. The summed E-state index contributed by atoms with van der Waals surface area (Å²) in [6.45, 7) is 2.29. The molecule has 0 aromatic heterocycles. The van der Waals surface area contributed by atoms with Gasteiger partial charge in [-0.1, -0.05) is 96.1 Å². The number of alkyl halides is 3. The van der Waals surface area contributed by atoms with E-state index in [1.54, 1.807) is 0 Å². The van der Waals surface area contributed by atoms with Gasteiger partial charge in [0.1, 0.15) is 5.75 Å². The molecule has 3 rings (SSSR count). The van der Waals surface area contributed by atoms with Crippen LogP contribution in [0.1, 0.15) is 134 Å². The van der Waals surface area contributed by atoms with E-state index in [0.29, 0.717) is 5.41 Å². The average Bonchev–Trinajstić information content (AvgIpc) is 2.80. The molecule has 1 aromatic carbocycles. The third kappa shape index (κ3) is 8.21. The summed E-state index contributed by atoms with van der Waals surface area (Å²) < 4.78 is 41.8. The molecule has 0 spiro atoms. The van der Waals surface area contributed by atoms with Crippen LogP contribution in [-0.4, -0.2) is 6.36 Å². The van der Waals surface area contributed by atoms with Crippen LogP contribution in [0.2, 0.25) is 0 Å². The highest BCUT2D eigenvalue weighted by Gasteiger charge is 2.35. The van der Waals surface area contributed by atoms with E-state index in [1.165, 1.54) is 127 Å². The van der Waals surface area contributed by atoms with Crippen molar-refractivity contribution >= 4 is 0 Å². The Morgan fingerprint density at radius 2 is 1.24 bits per heavy atom. The zero-order valence-electron chi connectivity index (χ0n) is 20.8. The van der Waals surface area contributed by atoms with Gasteiger partial charge in [0, 0.05) is 0 Å². The number of halogens is 3. The number of ether oxygens (including phenoxy) is 1. The topological polar surface area (TPSA) is 9.23 Å². The summed E-state index contributed by atoms with van der Waals surface area (Å²) in [6.07, 6.45) is 20.4. The first-order valence-electron chi connectivity index (χ1n) is 13.7. The number of hydrogen-bond donors (Lipinski definition) is 0. The standard InChI is InChI=1S/C29H45F3O/c1-2-3-4-7-18-27(19-8-5-9-20-27)21-12-13-24-28(22-10-6-11-23-28)25-14-16-26(17-15-25)33-29(30,31)32/h14-17H,2-13,18-24H2,1H3. The summed E-state index contributed by atoms with van der Waals surface area (Å²) >= 11 is 0. The lowest BCUT2D eigenvalue weighted by atomic mass is 9.65. The summed E-state index contributed by atoms with van der Waals surface area (Å²) in [7, 11) is 0. The second-order valence-electron chi connectivity index (χ2n) is 11.0. The molecule has 33 heavy (non-hydrogen) atoms. The minimum atomic E-state index is -4.63. The lowest BCUT2D eigenvalue weighted by Crippen LogP contribution is -2.29. The van der Waals surface area contributed by atoms with Gasteiger partial charge in [-0.2, -0.15) is 0 Å². The highest BCUT2D eigenvalue weighted by molar-refractivity contribution is 5.33. The first-order valence-corrected chi connectivity index (χ1v) is 13.7. The summed E-state index contributed by atoms with van der Waals surface area (Å²) in [5.41, 5.74) is 1.93. The van der Waals surface area contributed by atoms with Gasteiger partial charge in [-0.05, 0) is 73.5 Å². The van der Waals surface area contributed by atoms with E-state index in [0.717, 1.165) is 12.8 Å². The molecule has 1 aromatic rings. The molecule has 0 aliphatic heterocycles. The fraction of sp³-hybridized carbons (Fsp3) is 0.793. The molecule has 0 bridgehead atoms. The lowest BCUT2D eigenvalue weighted by Gasteiger charge is -2.40. The predicted molar refractivity (Wildman–Crippen MR) is 131 cm³/mol. The van der Waals surface area contributed by atoms with Crippen LogP contribution in [0.25, 0.3) is 0 Å². The fourth-order valence-electron chi connectivity index (χ4n) is 6.74. The van der Waals surface area contributed by atoms with Crippen LogP contribution in [0, 0.1) is 5.41 Å². The first-order chi connectivity index (χ1) is 15.9. The maximum Gasteiger partial charge on any atom is 0.573 e. The smallest absolute Gasteiger partial charge is 0.406 e. The van der Waals surface area contributed by atoms with E-state index in [4.69, 9.17) is 0 Å². The van der Waals surface area contributed by atoms with Crippen molar-refractivity contribution in [3.8, 4) is 5.75 Å². The third-order valence-corrected chi connectivity index (χ3v) is 8.60. The summed E-state index contributed by atoms with van der Waals surface area (Å²) in [5, 5.41) is 0. The molecule has 0 radical (unpaired) electrons. The Balaban J connectivity index is 1.57. The molecule has 2 aliphatic rings. The molecule has 2 fully saturated rings. The lowest BCUT2D eigenvalue weighted by molar-refractivity contribution is -0.274. The highest BCUT2D eigenvalue weighted by Crippen LogP contribution is 2.47. The Kier molecular flexibility index (Phi) is 10.0. The van der Waals surface area contributed by atoms with E-state index in [1.807, 2.05) is 12.1 Å². The first kappa shape index (κ1) is 26.4. The maximum atomic E-state index is 12.6. The van der Waals surface area contributed by atoms with Crippen LogP contribution in [0.15, 0.2) is 24.3 Å².